The van der Waals surface area contributed by atoms with Crippen LogP contribution in [0.4, 0.5) is 4.39 Å². The van der Waals surface area contributed by atoms with Gasteiger partial charge in [-0.3, -0.25) is 9.36 Å². The molecule has 0 spiro atoms. The quantitative estimate of drug-likeness (QED) is 0.671. The normalized spacial score (nSPS) is 11.6. The molecule has 0 aliphatic carbocycles. The molecule has 1 aromatic heterocycles. The summed E-state index contributed by atoms with van der Waals surface area (Å²) in [7, 11) is -3.70. The van der Waals surface area contributed by atoms with Crippen molar-refractivity contribution < 1.29 is 12.8 Å². The fourth-order valence-electron chi connectivity index (χ4n) is 3.34. The van der Waals surface area contributed by atoms with Crippen molar-refractivity contribution in [1.29, 1.82) is 0 Å². The second-order valence-corrected chi connectivity index (χ2v) is 8.64. The van der Waals surface area contributed by atoms with E-state index in [4.69, 9.17) is 0 Å². The van der Waals surface area contributed by atoms with Gasteiger partial charge in [0.1, 0.15) is 5.82 Å². The van der Waals surface area contributed by atoms with E-state index in [0.29, 0.717) is 22.4 Å². The van der Waals surface area contributed by atoms with Gasteiger partial charge in [0.15, 0.2) is 0 Å². The zero-order chi connectivity index (χ0) is 21.2. The van der Waals surface area contributed by atoms with Crippen molar-refractivity contribution in [1.82, 2.24) is 14.3 Å². The lowest BCUT2D eigenvalue weighted by Crippen LogP contribution is -2.31. The fourth-order valence-corrected chi connectivity index (χ4v) is 4.81. The van der Waals surface area contributed by atoms with Crippen LogP contribution >= 0.6 is 0 Å². The Morgan fingerprint density at radius 1 is 1.03 bits per heavy atom. The van der Waals surface area contributed by atoms with Crippen molar-refractivity contribution in [2.24, 2.45) is 0 Å². The molecule has 0 fully saturated rings. The highest BCUT2D eigenvalue weighted by Crippen LogP contribution is 2.21. The van der Waals surface area contributed by atoms with Crippen molar-refractivity contribution in [2.75, 3.05) is 6.54 Å². The van der Waals surface area contributed by atoms with Crippen LogP contribution in [-0.4, -0.2) is 24.5 Å². The maximum Gasteiger partial charge on any atom is 0.253 e. The first-order valence-electron chi connectivity index (χ1n) is 9.07. The molecule has 6 nitrogen and oxygen atoms in total. The molecular formula is C21H22FN3O3S. The maximum atomic E-state index is 13.0. The SMILES string of the molecule is Cc1cc(C)c(S(=O)(=O)NCCn2cnc(-c3ccc(F)cc3)cc2=O)c(C)c1. The molecule has 0 radical (unpaired) electrons. The Bertz CT molecular complexity index is 1180. The number of rotatable bonds is 6. The zero-order valence-corrected chi connectivity index (χ0v) is 17.3. The van der Waals surface area contributed by atoms with Crippen LogP contribution in [0.15, 0.2) is 58.5 Å². The average Bonchev–Trinajstić information content (AvgIpc) is 2.62. The van der Waals surface area contributed by atoms with Crippen LogP contribution in [0, 0.1) is 26.6 Å². The van der Waals surface area contributed by atoms with Gasteiger partial charge in [-0.05, 0) is 56.2 Å². The minimum absolute atomic E-state index is 0.0482. The van der Waals surface area contributed by atoms with E-state index in [1.54, 1.807) is 26.0 Å². The Hall–Kier alpha value is -2.84. The molecule has 0 bridgehead atoms. The van der Waals surface area contributed by atoms with E-state index in [0.717, 1.165) is 5.56 Å². The van der Waals surface area contributed by atoms with Crippen LogP contribution in [0.5, 0.6) is 0 Å². The van der Waals surface area contributed by atoms with Gasteiger partial charge in [0.2, 0.25) is 10.0 Å². The van der Waals surface area contributed by atoms with Gasteiger partial charge < -0.3 is 0 Å². The van der Waals surface area contributed by atoms with Gasteiger partial charge in [0, 0.05) is 24.7 Å². The van der Waals surface area contributed by atoms with Gasteiger partial charge in [-0.25, -0.2) is 22.5 Å². The molecule has 3 rings (SSSR count). The van der Waals surface area contributed by atoms with Crippen LogP contribution in [0.3, 0.4) is 0 Å². The second kappa shape index (κ2) is 8.26. The number of hydrogen-bond donors (Lipinski definition) is 1. The van der Waals surface area contributed by atoms with E-state index >= 15 is 0 Å². The molecule has 3 aromatic rings. The van der Waals surface area contributed by atoms with Gasteiger partial charge in [-0.1, -0.05) is 17.7 Å². The van der Waals surface area contributed by atoms with Crippen molar-refractivity contribution in [3.8, 4) is 11.3 Å². The summed E-state index contributed by atoms with van der Waals surface area (Å²) < 4.78 is 42.3. The number of sulfonamides is 1. The van der Waals surface area contributed by atoms with E-state index in [1.165, 1.54) is 29.1 Å². The molecule has 0 saturated carbocycles. The highest BCUT2D eigenvalue weighted by Gasteiger charge is 2.19. The molecule has 152 valence electrons. The molecule has 1 N–H and O–H groups in total. The molecular weight excluding hydrogens is 393 g/mol. The third-order valence-electron chi connectivity index (χ3n) is 4.54. The second-order valence-electron chi connectivity index (χ2n) is 6.94. The Balaban J connectivity index is 1.72. The fraction of sp³-hybridized carbons (Fsp3) is 0.238. The maximum absolute atomic E-state index is 13.0. The lowest BCUT2D eigenvalue weighted by Gasteiger charge is -2.13. The minimum Gasteiger partial charge on any atom is -0.298 e. The molecule has 0 aliphatic heterocycles. The number of aromatic nitrogens is 2. The molecule has 0 unspecified atom stereocenters. The van der Waals surface area contributed by atoms with Crippen LogP contribution < -0.4 is 10.3 Å². The number of aryl methyl sites for hydroxylation is 3. The topological polar surface area (TPSA) is 81.1 Å². The molecule has 0 atom stereocenters. The average molecular weight is 415 g/mol. The number of benzene rings is 2. The lowest BCUT2D eigenvalue weighted by atomic mass is 10.1. The monoisotopic (exact) mass is 415 g/mol. The van der Waals surface area contributed by atoms with Gasteiger partial charge in [0.25, 0.3) is 5.56 Å². The first-order valence-corrected chi connectivity index (χ1v) is 10.6. The van der Waals surface area contributed by atoms with E-state index in [-0.39, 0.29) is 29.4 Å². The van der Waals surface area contributed by atoms with E-state index in [1.807, 2.05) is 19.1 Å². The lowest BCUT2D eigenvalue weighted by molar-refractivity contribution is 0.567. The van der Waals surface area contributed by atoms with E-state index < -0.39 is 10.0 Å². The molecule has 2 aromatic carbocycles. The number of nitrogens with zero attached hydrogens (tertiary/aromatic N) is 2. The molecule has 1 heterocycles. The first kappa shape index (κ1) is 20.9. The van der Waals surface area contributed by atoms with Gasteiger partial charge >= 0.3 is 0 Å². The Morgan fingerprint density at radius 3 is 2.24 bits per heavy atom. The standard InChI is InChI=1S/C21H22FN3O3S/c1-14-10-15(2)21(16(3)11-14)29(27,28)24-8-9-25-13-23-19(12-20(25)26)17-4-6-18(22)7-5-17/h4-7,10-13,24H,8-9H2,1-3H3. The summed E-state index contributed by atoms with van der Waals surface area (Å²) in [5.41, 5.74) is 3.09. The summed E-state index contributed by atoms with van der Waals surface area (Å²) in [5, 5.41) is 0. The molecule has 0 aliphatic rings. The third kappa shape index (κ3) is 4.78. The summed E-state index contributed by atoms with van der Waals surface area (Å²) in [6.45, 7) is 5.62. The number of halogens is 1. The van der Waals surface area contributed by atoms with Gasteiger partial charge in [-0.2, -0.15) is 0 Å². The predicted molar refractivity (Wildman–Crippen MR) is 110 cm³/mol. The molecule has 0 amide bonds. The highest BCUT2D eigenvalue weighted by atomic mass is 32.2. The smallest absolute Gasteiger partial charge is 0.253 e. The van der Waals surface area contributed by atoms with Crippen molar-refractivity contribution >= 4 is 10.0 Å². The van der Waals surface area contributed by atoms with Gasteiger partial charge in [0.05, 0.1) is 16.9 Å². The van der Waals surface area contributed by atoms with Crippen LogP contribution in [-0.2, 0) is 16.6 Å². The Labute approximate surface area is 169 Å². The Kier molecular flexibility index (Phi) is 5.95. The van der Waals surface area contributed by atoms with E-state index in [2.05, 4.69) is 9.71 Å². The van der Waals surface area contributed by atoms with E-state index in [9.17, 15) is 17.6 Å². The van der Waals surface area contributed by atoms with Crippen molar-refractivity contribution in [3.05, 3.63) is 81.7 Å². The molecule has 0 saturated heterocycles. The highest BCUT2D eigenvalue weighted by molar-refractivity contribution is 7.89. The van der Waals surface area contributed by atoms with Crippen LogP contribution in [0.2, 0.25) is 0 Å². The predicted octanol–water partition coefficient (Wildman–Crippen LogP) is 2.95. The first-order chi connectivity index (χ1) is 13.7. The summed E-state index contributed by atoms with van der Waals surface area (Å²) in [4.78, 5) is 16.8. The van der Waals surface area contributed by atoms with Gasteiger partial charge in [-0.15, -0.1) is 0 Å². The summed E-state index contributed by atoms with van der Waals surface area (Å²) >= 11 is 0. The van der Waals surface area contributed by atoms with Crippen molar-refractivity contribution in [3.63, 3.8) is 0 Å². The largest absolute Gasteiger partial charge is 0.298 e. The number of hydrogen-bond acceptors (Lipinski definition) is 4. The summed E-state index contributed by atoms with van der Waals surface area (Å²) in [6, 6.07) is 10.7. The Morgan fingerprint density at radius 2 is 1.66 bits per heavy atom. The van der Waals surface area contributed by atoms with Crippen molar-refractivity contribution in [2.45, 2.75) is 32.2 Å². The van der Waals surface area contributed by atoms with Crippen LogP contribution in [0.25, 0.3) is 11.3 Å². The number of nitrogens with one attached hydrogen (secondary N) is 1. The molecule has 8 heteroatoms. The van der Waals surface area contributed by atoms with Crippen LogP contribution in [0.1, 0.15) is 16.7 Å². The molecule has 29 heavy (non-hydrogen) atoms. The zero-order valence-electron chi connectivity index (χ0n) is 16.4. The third-order valence-corrected chi connectivity index (χ3v) is 6.30. The summed E-state index contributed by atoms with van der Waals surface area (Å²) in [6.07, 6.45) is 1.36. The summed E-state index contributed by atoms with van der Waals surface area (Å²) in [5.74, 6) is -0.367. The minimum atomic E-state index is -3.70.